The van der Waals surface area contributed by atoms with E-state index in [0.717, 1.165) is 43.7 Å². The van der Waals surface area contributed by atoms with E-state index in [9.17, 15) is 4.79 Å². The fraction of sp³-hybridized carbons (Fsp3) is 0.562. The second-order valence-electron chi connectivity index (χ2n) is 5.67. The maximum atomic E-state index is 12.4. The van der Waals surface area contributed by atoms with Gasteiger partial charge < -0.3 is 4.90 Å². The molecule has 0 unspecified atom stereocenters. The number of likely N-dealkylation sites (N-methyl/N-ethyl adjacent to an activating group) is 1. The number of Topliss-reactive ketones (excluding diaryl/α,β-unsaturated/α-hetero) is 1. The maximum Gasteiger partial charge on any atom is 0.177 e. The molecule has 0 N–H and O–H groups in total. The topological polar surface area (TPSA) is 23.6 Å². The molecule has 1 aliphatic rings. The van der Waals surface area contributed by atoms with Gasteiger partial charge in [-0.15, -0.1) is 0 Å². The van der Waals surface area contributed by atoms with Crippen LogP contribution in [0.1, 0.15) is 27.9 Å². The van der Waals surface area contributed by atoms with Gasteiger partial charge in [-0.3, -0.25) is 9.69 Å². The fourth-order valence-electron chi connectivity index (χ4n) is 2.67. The molecule has 1 heterocycles. The summed E-state index contributed by atoms with van der Waals surface area (Å²) in [6.45, 7) is 8.85. The third-order valence-electron chi connectivity index (χ3n) is 3.86. The highest BCUT2D eigenvalue weighted by Gasteiger charge is 2.17. The Morgan fingerprint density at radius 1 is 1.16 bits per heavy atom. The summed E-state index contributed by atoms with van der Waals surface area (Å²) in [6.07, 6.45) is 1.15. The van der Waals surface area contributed by atoms with Crippen LogP contribution in [0.5, 0.6) is 0 Å². The van der Waals surface area contributed by atoms with E-state index < -0.39 is 0 Å². The molecular weight excluding hydrogens is 236 g/mol. The number of benzene rings is 1. The zero-order valence-corrected chi connectivity index (χ0v) is 12.3. The van der Waals surface area contributed by atoms with Crippen molar-refractivity contribution in [2.75, 3.05) is 39.8 Å². The predicted molar refractivity (Wildman–Crippen MR) is 78.8 cm³/mol. The summed E-state index contributed by atoms with van der Waals surface area (Å²) < 4.78 is 0. The Hall–Kier alpha value is -1.19. The smallest absolute Gasteiger partial charge is 0.177 e. The molecule has 3 nitrogen and oxygen atoms in total. The highest BCUT2D eigenvalue weighted by molar-refractivity contribution is 5.98. The minimum Gasteiger partial charge on any atom is -0.305 e. The standard InChI is InChI=1S/C16H24N2O/c1-13-5-6-15(14(2)11-13)16(19)12-18-8-4-7-17(3)9-10-18/h5-6,11H,4,7-10,12H2,1-3H3. The largest absolute Gasteiger partial charge is 0.305 e. The van der Waals surface area contributed by atoms with Crippen molar-refractivity contribution in [3.05, 3.63) is 34.9 Å². The average molecular weight is 260 g/mol. The molecule has 0 spiro atoms. The van der Waals surface area contributed by atoms with E-state index in [4.69, 9.17) is 0 Å². The molecule has 1 aromatic rings. The number of hydrogen-bond acceptors (Lipinski definition) is 3. The summed E-state index contributed by atoms with van der Waals surface area (Å²) in [5.74, 6) is 0.252. The Balaban J connectivity index is 2.00. The summed E-state index contributed by atoms with van der Waals surface area (Å²) >= 11 is 0. The first-order valence-electron chi connectivity index (χ1n) is 7.07. The second kappa shape index (κ2) is 6.31. The van der Waals surface area contributed by atoms with E-state index in [0.29, 0.717) is 6.54 Å². The van der Waals surface area contributed by atoms with Crippen molar-refractivity contribution in [3.63, 3.8) is 0 Å². The average Bonchev–Trinajstić information content (AvgIpc) is 2.54. The van der Waals surface area contributed by atoms with E-state index in [1.165, 1.54) is 5.56 Å². The van der Waals surface area contributed by atoms with Crippen molar-refractivity contribution in [2.24, 2.45) is 0 Å². The number of hydrogen-bond donors (Lipinski definition) is 0. The molecule has 0 bridgehead atoms. The number of carbonyl (C=O) groups excluding carboxylic acids is 1. The van der Waals surface area contributed by atoms with Crippen LogP contribution < -0.4 is 0 Å². The molecule has 1 fully saturated rings. The monoisotopic (exact) mass is 260 g/mol. The lowest BCUT2D eigenvalue weighted by Gasteiger charge is -2.19. The van der Waals surface area contributed by atoms with Gasteiger partial charge in [-0.05, 0) is 46.0 Å². The van der Waals surface area contributed by atoms with Gasteiger partial charge in [-0.1, -0.05) is 23.8 Å². The van der Waals surface area contributed by atoms with E-state index >= 15 is 0 Å². The lowest BCUT2D eigenvalue weighted by Crippen LogP contribution is -2.33. The molecule has 1 aromatic carbocycles. The van der Waals surface area contributed by atoms with Crippen LogP contribution in [0.3, 0.4) is 0 Å². The third kappa shape index (κ3) is 3.88. The van der Waals surface area contributed by atoms with Crippen LogP contribution in [0, 0.1) is 13.8 Å². The molecule has 2 rings (SSSR count). The fourth-order valence-corrected chi connectivity index (χ4v) is 2.67. The van der Waals surface area contributed by atoms with E-state index in [2.05, 4.69) is 29.8 Å². The first-order valence-corrected chi connectivity index (χ1v) is 7.07. The summed E-state index contributed by atoms with van der Waals surface area (Å²) in [5, 5.41) is 0. The van der Waals surface area contributed by atoms with Gasteiger partial charge in [-0.2, -0.15) is 0 Å². The van der Waals surface area contributed by atoms with Gasteiger partial charge in [0.15, 0.2) is 5.78 Å². The minimum absolute atomic E-state index is 0.252. The number of nitrogens with zero attached hydrogens (tertiary/aromatic N) is 2. The van der Waals surface area contributed by atoms with E-state index in [1.54, 1.807) is 0 Å². The van der Waals surface area contributed by atoms with Gasteiger partial charge in [0.25, 0.3) is 0 Å². The molecule has 0 saturated carbocycles. The van der Waals surface area contributed by atoms with Crippen molar-refractivity contribution in [1.82, 2.24) is 9.80 Å². The van der Waals surface area contributed by atoms with E-state index in [1.807, 2.05) is 19.1 Å². The Bertz CT molecular complexity index is 456. The number of rotatable bonds is 3. The van der Waals surface area contributed by atoms with Crippen LogP contribution in [0.2, 0.25) is 0 Å². The molecule has 0 aliphatic carbocycles. The van der Waals surface area contributed by atoms with Crippen molar-refractivity contribution in [3.8, 4) is 0 Å². The molecule has 104 valence electrons. The summed E-state index contributed by atoms with van der Waals surface area (Å²) in [7, 11) is 2.15. The summed E-state index contributed by atoms with van der Waals surface area (Å²) in [4.78, 5) is 17.0. The van der Waals surface area contributed by atoms with Crippen LogP contribution in [-0.4, -0.2) is 55.4 Å². The molecule has 0 aromatic heterocycles. The highest BCUT2D eigenvalue weighted by atomic mass is 16.1. The Morgan fingerprint density at radius 2 is 1.95 bits per heavy atom. The number of aryl methyl sites for hydroxylation is 2. The molecule has 1 saturated heterocycles. The molecule has 1 aliphatic heterocycles. The van der Waals surface area contributed by atoms with Crippen LogP contribution in [0.25, 0.3) is 0 Å². The van der Waals surface area contributed by atoms with Crippen molar-refractivity contribution >= 4 is 5.78 Å². The van der Waals surface area contributed by atoms with Crippen molar-refractivity contribution in [2.45, 2.75) is 20.3 Å². The molecule has 0 atom stereocenters. The zero-order chi connectivity index (χ0) is 13.8. The lowest BCUT2D eigenvalue weighted by molar-refractivity contribution is 0.0933. The van der Waals surface area contributed by atoms with E-state index in [-0.39, 0.29) is 5.78 Å². The van der Waals surface area contributed by atoms with Gasteiger partial charge in [0.2, 0.25) is 0 Å². The Labute approximate surface area is 116 Å². The molecule has 0 amide bonds. The number of ketones is 1. The molecule has 0 radical (unpaired) electrons. The summed E-state index contributed by atoms with van der Waals surface area (Å²) in [5.41, 5.74) is 3.19. The van der Waals surface area contributed by atoms with Crippen molar-refractivity contribution < 1.29 is 4.79 Å². The summed E-state index contributed by atoms with van der Waals surface area (Å²) in [6, 6.07) is 6.08. The first-order chi connectivity index (χ1) is 9.06. The SMILES string of the molecule is Cc1ccc(C(=O)CN2CCCN(C)CC2)c(C)c1. The number of carbonyl (C=O) groups is 1. The molecule has 3 heteroatoms. The Kier molecular flexibility index (Phi) is 4.72. The van der Waals surface area contributed by atoms with Gasteiger partial charge >= 0.3 is 0 Å². The molecule has 19 heavy (non-hydrogen) atoms. The normalized spacial score (nSPS) is 18.3. The van der Waals surface area contributed by atoms with Crippen LogP contribution in [-0.2, 0) is 0 Å². The minimum atomic E-state index is 0.252. The third-order valence-corrected chi connectivity index (χ3v) is 3.86. The first kappa shape index (κ1) is 14.2. The lowest BCUT2D eigenvalue weighted by atomic mass is 10.0. The Morgan fingerprint density at radius 3 is 2.68 bits per heavy atom. The predicted octanol–water partition coefficient (Wildman–Crippen LogP) is 2.12. The highest BCUT2D eigenvalue weighted by Crippen LogP contribution is 2.12. The van der Waals surface area contributed by atoms with Crippen molar-refractivity contribution in [1.29, 1.82) is 0 Å². The zero-order valence-electron chi connectivity index (χ0n) is 12.3. The quantitative estimate of drug-likeness (QED) is 0.778. The molecular formula is C16H24N2O. The van der Waals surface area contributed by atoms with Gasteiger partial charge in [0.1, 0.15) is 0 Å². The maximum absolute atomic E-state index is 12.4. The van der Waals surface area contributed by atoms with Crippen LogP contribution >= 0.6 is 0 Å². The van der Waals surface area contributed by atoms with Crippen LogP contribution in [0.15, 0.2) is 18.2 Å². The van der Waals surface area contributed by atoms with Gasteiger partial charge in [0.05, 0.1) is 6.54 Å². The van der Waals surface area contributed by atoms with Gasteiger partial charge in [-0.25, -0.2) is 0 Å². The van der Waals surface area contributed by atoms with Crippen LogP contribution in [0.4, 0.5) is 0 Å². The van der Waals surface area contributed by atoms with Gasteiger partial charge in [0, 0.05) is 18.7 Å². The second-order valence-corrected chi connectivity index (χ2v) is 5.67.